The molecule has 2 saturated heterocycles. The third-order valence-electron chi connectivity index (χ3n) is 8.34. The molecular weight excluding hydrogens is 572 g/mol. The lowest BCUT2D eigenvalue weighted by Crippen LogP contribution is -2.65. The quantitative estimate of drug-likeness (QED) is 0.0884. The Morgan fingerprint density at radius 1 is 0.682 bits per heavy atom. The summed E-state index contributed by atoms with van der Waals surface area (Å²) in [6.07, 6.45) is 3.98. The van der Waals surface area contributed by atoms with Gasteiger partial charge in [0.2, 0.25) is 6.29 Å². The third kappa shape index (κ3) is 11.0. The van der Waals surface area contributed by atoms with Crippen molar-refractivity contribution in [3.8, 4) is 5.75 Å². The van der Waals surface area contributed by atoms with Crippen LogP contribution < -0.4 is 4.74 Å². The number of unbranched alkanes of at least 4 members (excludes halogenated alkanes) is 9. The van der Waals surface area contributed by atoms with Gasteiger partial charge in [0.1, 0.15) is 54.6 Å². The van der Waals surface area contributed by atoms with Gasteiger partial charge in [-0.25, -0.2) is 0 Å². The average Bonchev–Trinajstić information content (AvgIpc) is 3.03. The fourth-order valence-corrected chi connectivity index (χ4v) is 5.61. The van der Waals surface area contributed by atoms with Gasteiger partial charge >= 0.3 is 0 Å². The molecule has 10 atom stereocenters. The van der Waals surface area contributed by atoms with E-state index in [1.165, 1.54) is 51.4 Å². The molecule has 0 amide bonds. The topological polar surface area (TPSA) is 179 Å². The fourth-order valence-electron chi connectivity index (χ4n) is 5.61. The normalized spacial score (nSPS) is 32.7. The summed E-state index contributed by atoms with van der Waals surface area (Å²) in [7, 11) is 0. The molecule has 1 aromatic rings. The first-order valence-electron chi connectivity index (χ1n) is 16.3. The van der Waals surface area contributed by atoms with E-state index in [0.717, 1.165) is 31.2 Å². The number of ether oxygens (including phenoxy) is 4. The molecule has 0 aliphatic carbocycles. The molecule has 2 fully saturated rings. The molecular formula is C33H54O11. The number of hydrogen-bond donors (Lipinski definition) is 7. The number of rotatable bonds is 19. The highest BCUT2D eigenvalue weighted by atomic mass is 16.7. The van der Waals surface area contributed by atoms with Crippen LogP contribution in [0.2, 0.25) is 0 Å². The first kappa shape index (κ1) is 36.8. The zero-order chi connectivity index (χ0) is 31.9. The van der Waals surface area contributed by atoms with Crippen LogP contribution in [0.4, 0.5) is 0 Å². The molecule has 2 aliphatic heterocycles. The molecule has 44 heavy (non-hydrogen) atoms. The van der Waals surface area contributed by atoms with E-state index in [0.29, 0.717) is 5.75 Å². The van der Waals surface area contributed by atoms with Crippen molar-refractivity contribution in [1.82, 2.24) is 0 Å². The molecule has 11 nitrogen and oxygen atoms in total. The van der Waals surface area contributed by atoms with Crippen LogP contribution in [0.15, 0.2) is 36.4 Å². The van der Waals surface area contributed by atoms with Gasteiger partial charge in [0.25, 0.3) is 0 Å². The number of aryl methyl sites for hydroxylation is 1. The summed E-state index contributed by atoms with van der Waals surface area (Å²) < 4.78 is 22.5. The molecule has 252 valence electrons. The smallest absolute Gasteiger partial charge is 0.229 e. The minimum Gasteiger partial charge on any atom is -0.462 e. The molecule has 0 unspecified atom stereocenters. The average molecular weight is 627 g/mol. The minimum absolute atomic E-state index is 0.435. The lowest BCUT2D eigenvalue weighted by atomic mass is 9.97. The Bertz CT molecular complexity index is 942. The second kappa shape index (κ2) is 19.8. The Balaban J connectivity index is 1.42. The Morgan fingerprint density at radius 3 is 1.98 bits per heavy atom. The molecule has 2 heterocycles. The standard InChI is InChI=1S/C33H54O11/c1-2-3-4-5-6-7-8-9-10-11-12-13-14-16-22-17-15-18-23(19-22)41-32-30(40)28(38)31(25(21-35)43-32)44-33-29(39)27(37)26(36)24(20-34)42-33/h7-8,15,17-19,24-40H,2-6,9-14,16,20-21H2,1H3/b8-7-/t24-,25-,26+,27+,28-,29-,30-,31-,32-,33+/m1/s1. The molecule has 0 saturated carbocycles. The summed E-state index contributed by atoms with van der Waals surface area (Å²) in [6.45, 7) is 0.949. The number of aliphatic hydroxyl groups is 7. The van der Waals surface area contributed by atoms with Crippen molar-refractivity contribution in [3.05, 3.63) is 42.0 Å². The summed E-state index contributed by atoms with van der Waals surface area (Å²) in [5.74, 6) is 0.435. The fraction of sp³-hybridized carbons (Fsp3) is 0.758. The monoisotopic (exact) mass is 626 g/mol. The number of benzene rings is 1. The Labute approximate surface area is 261 Å². The molecule has 11 heteroatoms. The Morgan fingerprint density at radius 2 is 1.30 bits per heavy atom. The third-order valence-corrected chi connectivity index (χ3v) is 8.34. The van der Waals surface area contributed by atoms with Crippen molar-refractivity contribution in [1.29, 1.82) is 0 Å². The van der Waals surface area contributed by atoms with Gasteiger partial charge in [-0.1, -0.05) is 69.7 Å². The first-order chi connectivity index (χ1) is 21.3. The molecule has 0 bridgehead atoms. The maximum Gasteiger partial charge on any atom is 0.229 e. The number of hydrogen-bond acceptors (Lipinski definition) is 11. The van der Waals surface area contributed by atoms with Gasteiger partial charge < -0.3 is 54.7 Å². The van der Waals surface area contributed by atoms with Gasteiger partial charge in [0.15, 0.2) is 6.29 Å². The molecule has 7 N–H and O–H groups in total. The predicted molar refractivity (Wildman–Crippen MR) is 163 cm³/mol. The highest BCUT2D eigenvalue weighted by Crippen LogP contribution is 2.30. The van der Waals surface area contributed by atoms with E-state index in [2.05, 4.69) is 19.1 Å². The zero-order valence-corrected chi connectivity index (χ0v) is 25.9. The summed E-state index contributed by atoms with van der Waals surface area (Å²) in [5, 5.41) is 71.3. The van der Waals surface area contributed by atoms with Crippen LogP contribution in [0.5, 0.6) is 5.75 Å². The largest absolute Gasteiger partial charge is 0.462 e. The van der Waals surface area contributed by atoms with Crippen LogP contribution in [0.1, 0.15) is 83.1 Å². The van der Waals surface area contributed by atoms with Crippen molar-refractivity contribution >= 4 is 0 Å². The van der Waals surface area contributed by atoms with Crippen molar-refractivity contribution < 1.29 is 54.7 Å². The predicted octanol–water partition coefficient (Wildman–Crippen LogP) is 2.10. The Hall–Kier alpha value is -1.64. The summed E-state index contributed by atoms with van der Waals surface area (Å²) in [5.41, 5.74) is 1.07. The van der Waals surface area contributed by atoms with Crippen molar-refractivity contribution in [2.24, 2.45) is 0 Å². The SMILES string of the molecule is CCCCCC/C=C\CCCCCCCc1cccc(O[C@@H]2O[C@H](CO)[C@@H](O[C@@H]3O[C@H](CO)[C@H](O)[C@H](O)[C@H]3O)[C@H](O)[C@H]2O)c1. The maximum atomic E-state index is 10.8. The lowest BCUT2D eigenvalue weighted by Gasteiger charge is -2.45. The first-order valence-corrected chi connectivity index (χ1v) is 16.3. The number of aliphatic hydroxyl groups excluding tert-OH is 7. The zero-order valence-electron chi connectivity index (χ0n) is 25.9. The summed E-state index contributed by atoms with van der Waals surface area (Å²) >= 11 is 0. The summed E-state index contributed by atoms with van der Waals surface area (Å²) in [4.78, 5) is 0. The van der Waals surface area contributed by atoms with Gasteiger partial charge in [-0.15, -0.1) is 0 Å². The van der Waals surface area contributed by atoms with Crippen LogP contribution in [0, 0.1) is 0 Å². The highest BCUT2D eigenvalue weighted by molar-refractivity contribution is 5.29. The molecule has 3 rings (SSSR count). The van der Waals surface area contributed by atoms with Gasteiger partial charge in [-0.2, -0.15) is 0 Å². The summed E-state index contributed by atoms with van der Waals surface area (Å²) in [6, 6.07) is 7.43. The molecule has 0 aromatic heterocycles. The van der Waals surface area contributed by atoms with E-state index >= 15 is 0 Å². The van der Waals surface area contributed by atoms with E-state index in [1.54, 1.807) is 6.07 Å². The van der Waals surface area contributed by atoms with Gasteiger partial charge in [-0.05, 0) is 56.2 Å². The molecule has 1 aromatic carbocycles. The van der Waals surface area contributed by atoms with E-state index in [-0.39, 0.29) is 0 Å². The van der Waals surface area contributed by atoms with E-state index < -0.39 is 74.6 Å². The Kier molecular flexibility index (Phi) is 16.6. The second-order valence-corrected chi connectivity index (χ2v) is 11.9. The number of allylic oxidation sites excluding steroid dienone is 2. The molecule has 0 radical (unpaired) electrons. The van der Waals surface area contributed by atoms with Crippen LogP contribution in [-0.4, -0.2) is 110 Å². The lowest BCUT2D eigenvalue weighted by molar-refractivity contribution is -0.352. The molecule has 0 spiro atoms. The van der Waals surface area contributed by atoms with Crippen LogP contribution >= 0.6 is 0 Å². The van der Waals surface area contributed by atoms with Crippen LogP contribution in [-0.2, 0) is 20.6 Å². The second-order valence-electron chi connectivity index (χ2n) is 11.9. The van der Waals surface area contributed by atoms with Gasteiger partial charge in [-0.3, -0.25) is 0 Å². The maximum absolute atomic E-state index is 10.8. The van der Waals surface area contributed by atoms with E-state index in [1.807, 2.05) is 18.2 Å². The van der Waals surface area contributed by atoms with Crippen molar-refractivity contribution in [3.63, 3.8) is 0 Å². The van der Waals surface area contributed by atoms with Crippen LogP contribution in [0.3, 0.4) is 0 Å². The molecule has 2 aliphatic rings. The van der Waals surface area contributed by atoms with Crippen molar-refractivity contribution in [2.45, 2.75) is 145 Å². The van der Waals surface area contributed by atoms with Crippen LogP contribution in [0.25, 0.3) is 0 Å². The minimum atomic E-state index is -1.72. The van der Waals surface area contributed by atoms with E-state index in [9.17, 15) is 35.7 Å². The van der Waals surface area contributed by atoms with Crippen molar-refractivity contribution in [2.75, 3.05) is 13.2 Å². The van der Waals surface area contributed by atoms with Gasteiger partial charge in [0, 0.05) is 0 Å². The van der Waals surface area contributed by atoms with Gasteiger partial charge in [0.05, 0.1) is 13.2 Å². The highest BCUT2D eigenvalue weighted by Gasteiger charge is 2.51. The van der Waals surface area contributed by atoms with E-state index in [4.69, 9.17) is 18.9 Å².